The van der Waals surface area contributed by atoms with Crippen LogP contribution in [0.3, 0.4) is 0 Å². The van der Waals surface area contributed by atoms with Gasteiger partial charge in [-0.2, -0.15) is 0 Å². The molecule has 0 radical (unpaired) electrons. The number of rotatable bonds is 8. The van der Waals surface area contributed by atoms with Crippen LogP contribution in [0.5, 0.6) is 5.75 Å². The third kappa shape index (κ3) is 5.37. The van der Waals surface area contributed by atoms with E-state index in [1.807, 2.05) is 30.3 Å². The first-order valence-electron chi connectivity index (χ1n) is 9.79. The van der Waals surface area contributed by atoms with E-state index in [1.54, 1.807) is 11.3 Å². The van der Waals surface area contributed by atoms with Gasteiger partial charge in [0.2, 0.25) is 5.13 Å². The second-order valence-corrected chi connectivity index (χ2v) is 9.38. The van der Waals surface area contributed by atoms with Crippen LogP contribution >= 0.6 is 23.1 Å². The molecule has 3 aromatic rings. The van der Waals surface area contributed by atoms with Crippen molar-refractivity contribution in [3.05, 3.63) is 42.5 Å². The van der Waals surface area contributed by atoms with Gasteiger partial charge in [0.1, 0.15) is 12.4 Å². The van der Waals surface area contributed by atoms with Crippen LogP contribution in [0, 0.1) is 0 Å². The van der Waals surface area contributed by atoms with E-state index >= 15 is 0 Å². The minimum atomic E-state index is -0.560. The molecule has 1 atom stereocenters. The second-order valence-electron chi connectivity index (χ2n) is 7.14. The van der Waals surface area contributed by atoms with Gasteiger partial charge in [-0.15, -0.1) is 10.2 Å². The molecule has 1 unspecified atom stereocenters. The summed E-state index contributed by atoms with van der Waals surface area (Å²) in [5, 5.41) is 25.4. The van der Waals surface area contributed by atoms with E-state index in [-0.39, 0.29) is 6.61 Å². The van der Waals surface area contributed by atoms with Gasteiger partial charge in [-0.3, -0.25) is 0 Å². The molecular formula is C21H25N3O2S2. The lowest BCUT2D eigenvalue weighted by Crippen LogP contribution is -2.21. The smallest absolute Gasteiger partial charge is 0.206 e. The molecule has 1 aromatic heterocycles. The molecule has 1 aliphatic rings. The summed E-state index contributed by atoms with van der Waals surface area (Å²) in [5.74, 6) is 1.31. The van der Waals surface area contributed by atoms with Crippen LogP contribution in [-0.4, -0.2) is 39.8 Å². The van der Waals surface area contributed by atoms with Crippen LogP contribution in [0.2, 0.25) is 0 Å². The van der Waals surface area contributed by atoms with Crippen molar-refractivity contribution >= 4 is 39.0 Å². The molecule has 1 aliphatic carbocycles. The van der Waals surface area contributed by atoms with Gasteiger partial charge in [0.15, 0.2) is 4.34 Å². The van der Waals surface area contributed by atoms with Crippen molar-refractivity contribution in [1.82, 2.24) is 10.2 Å². The summed E-state index contributed by atoms with van der Waals surface area (Å²) >= 11 is 3.09. The minimum absolute atomic E-state index is 0.261. The Kier molecular flexibility index (Phi) is 6.67. The summed E-state index contributed by atoms with van der Waals surface area (Å²) < 4.78 is 6.64. The van der Waals surface area contributed by atoms with Crippen molar-refractivity contribution in [3.63, 3.8) is 0 Å². The van der Waals surface area contributed by atoms with E-state index in [9.17, 15) is 5.11 Å². The zero-order chi connectivity index (χ0) is 19.2. The number of nitrogens with zero attached hydrogens (tertiary/aromatic N) is 2. The van der Waals surface area contributed by atoms with E-state index in [4.69, 9.17) is 4.74 Å². The van der Waals surface area contributed by atoms with E-state index < -0.39 is 6.10 Å². The number of benzene rings is 2. The van der Waals surface area contributed by atoms with Crippen LogP contribution in [0.1, 0.15) is 32.1 Å². The zero-order valence-electron chi connectivity index (χ0n) is 15.7. The molecule has 2 aromatic carbocycles. The number of aliphatic hydroxyl groups excluding tert-OH is 1. The molecule has 0 aliphatic heterocycles. The quantitative estimate of drug-likeness (QED) is 0.507. The van der Waals surface area contributed by atoms with Crippen LogP contribution in [-0.2, 0) is 0 Å². The average molecular weight is 416 g/mol. The van der Waals surface area contributed by atoms with Crippen LogP contribution in [0.4, 0.5) is 5.13 Å². The van der Waals surface area contributed by atoms with Gasteiger partial charge in [-0.25, -0.2) is 0 Å². The van der Waals surface area contributed by atoms with Crippen LogP contribution in [0.15, 0.2) is 46.8 Å². The largest absolute Gasteiger partial charge is 0.491 e. The van der Waals surface area contributed by atoms with Crippen molar-refractivity contribution < 1.29 is 9.84 Å². The topological polar surface area (TPSA) is 67.3 Å². The fraction of sp³-hybridized carbons (Fsp3) is 0.429. The number of aliphatic hydroxyl groups is 1. The number of ether oxygens (including phenoxy) is 1. The highest BCUT2D eigenvalue weighted by Gasteiger charge is 2.16. The summed E-state index contributed by atoms with van der Waals surface area (Å²) in [6, 6.07) is 14.7. The van der Waals surface area contributed by atoms with Gasteiger partial charge in [-0.1, -0.05) is 72.7 Å². The third-order valence-electron chi connectivity index (χ3n) is 4.90. The SMILES string of the molecule is OC(COc1ccc2ccccc2c1)CSc1nnc(NC2CCCCC2)s1. The monoisotopic (exact) mass is 415 g/mol. The fourth-order valence-corrected chi connectivity index (χ4v) is 5.17. The Morgan fingerprint density at radius 1 is 1.11 bits per heavy atom. The molecule has 0 amide bonds. The lowest BCUT2D eigenvalue weighted by Gasteiger charge is -2.21. The third-order valence-corrected chi connectivity index (χ3v) is 7.03. The fourth-order valence-electron chi connectivity index (χ4n) is 3.41. The van der Waals surface area contributed by atoms with Crippen LogP contribution < -0.4 is 10.1 Å². The van der Waals surface area contributed by atoms with E-state index in [0.29, 0.717) is 11.8 Å². The number of fused-ring (bicyclic) bond motifs is 1. The molecule has 0 spiro atoms. The Hall–Kier alpha value is -1.83. The Morgan fingerprint density at radius 2 is 1.93 bits per heavy atom. The molecule has 4 rings (SSSR count). The molecule has 7 heteroatoms. The Balaban J connectivity index is 1.22. The van der Waals surface area contributed by atoms with Crippen molar-refractivity contribution in [2.75, 3.05) is 17.7 Å². The summed E-state index contributed by atoms with van der Waals surface area (Å²) in [5.41, 5.74) is 0. The number of aromatic nitrogens is 2. The molecule has 0 bridgehead atoms. The molecular weight excluding hydrogens is 390 g/mol. The van der Waals surface area contributed by atoms with Gasteiger partial charge >= 0.3 is 0 Å². The highest BCUT2D eigenvalue weighted by Crippen LogP contribution is 2.29. The average Bonchev–Trinajstić information content (AvgIpc) is 3.18. The predicted molar refractivity (Wildman–Crippen MR) is 117 cm³/mol. The predicted octanol–water partition coefficient (Wildman–Crippen LogP) is 4.97. The molecule has 0 saturated heterocycles. The summed E-state index contributed by atoms with van der Waals surface area (Å²) in [6.07, 6.45) is 5.80. The van der Waals surface area contributed by atoms with Crippen LogP contribution in [0.25, 0.3) is 10.8 Å². The number of thioether (sulfide) groups is 1. The molecule has 148 valence electrons. The molecule has 1 fully saturated rings. The lowest BCUT2D eigenvalue weighted by atomic mass is 9.96. The summed E-state index contributed by atoms with van der Waals surface area (Å²) in [4.78, 5) is 0. The lowest BCUT2D eigenvalue weighted by molar-refractivity contribution is 0.126. The Bertz CT molecular complexity index is 896. The highest BCUT2D eigenvalue weighted by molar-refractivity contribution is 8.01. The first-order chi connectivity index (χ1) is 13.8. The van der Waals surface area contributed by atoms with Crippen molar-refractivity contribution in [2.45, 2.75) is 48.6 Å². The second kappa shape index (κ2) is 9.58. The maximum atomic E-state index is 10.2. The molecule has 2 N–H and O–H groups in total. The van der Waals surface area contributed by atoms with Gasteiger partial charge in [0, 0.05) is 11.8 Å². The van der Waals surface area contributed by atoms with Crippen molar-refractivity contribution in [3.8, 4) is 5.75 Å². The van der Waals surface area contributed by atoms with Gasteiger partial charge in [0.05, 0.1) is 6.10 Å². The molecule has 1 saturated carbocycles. The highest BCUT2D eigenvalue weighted by atomic mass is 32.2. The standard InChI is InChI=1S/C21H25N3O2S2/c25-18(13-26-19-11-10-15-6-4-5-7-16(15)12-19)14-27-21-24-23-20(28-21)22-17-8-2-1-3-9-17/h4-7,10-12,17-18,25H,1-3,8-9,13-14H2,(H,22,23). The number of anilines is 1. The van der Waals surface area contributed by atoms with Gasteiger partial charge in [-0.05, 0) is 35.7 Å². The number of hydrogen-bond donors (Lipinski definition) is 2. The van der Waals surface area contributed by atoms with Crippen molar-refractivity contribution in [1.29, 1.82) is 0 Å². The normalized spacial score (nSPS) is 16.2. The number of hydrogen-bond acceptors (Lipinski definition) is 7. The molecule has 28 heavy (non-hydrogen) atoms. The Morgan fingerprint density at radius 3 is 2.79 bits per heavy atom. The van der Waals surface area contributed by atoms with E-state index in [0.717, 1.165) is 20.6 Å². The summed E-state index contributed by atoms with van der Waals surface area (Å²) in [6.45, 7) is 0.261. The maximum Gasteiger partial charge on any atom is 0.206 e. The minimum Gasteiger partial charge on any atom is -0.491 e. The first kappa shape index (κ1) is 19.5. The van der Waals surface area contributed by atoms with Gasteiger partial charge < -0.3 is 15.2 Å². The first-order valence-corrected chi connectivity index (χ1v) is 11.6. The summed E-state index contributed by atoms with van der Waals surface area (Å²) in [7, 11) is 0. The van der Waals surface area contributed by atoms with Gasteiger partial charge in [0.25, 0.3) is 0 Å². The van der Waals surface area contributed by atoms with E-state index in [2.05, 4.69) is 27.6 Å². The molecule has 1 heterocycles. The van der Waals surface area contributed by atoms with Crippen molar-refractivity contribution in [2.24, 2.45) is 0 Å². The maximum absolute atomic E-state index is 10.2. The Labute approximate surface area is 173 Å². The van der Waals surface area contributed by atoms with E-state index in [1.165, 1.54) is 49.3 Å². The number of nitrogens with one attached hydrogen (secondary N) is 1. The zero-order valence-corrected chi connectivity index (χ0v) is 17.3. The molecule has 5 nitrogen and oxygen atoms in total.